The fraction of sp³-hybridized carbons (Fsp3) is 0.643. The second-order valence-electron chi connectivity index (χ2n) is 5.27. The molecule has 0 bridgehead atoms. The molecule has 1 aromatic rings. The summed E-state index contributed by atoms with van der Waals surface area (Å²) in [4.78, 5) is 6.54. The lowest BCUT2D eigenvalue weighted by atomic mass is 9.91. The average Bonchev–Trinajstić information content (AvgIpc) is 2.38. The van der Waals surface area contributed by atoms with Crippen LogP contribution < -0.4 is 10.6 Å². The maximum Gasteiger partial charge on any atom is 0.128 e. The molecule has 0 aromatic carbocycles. The lowest BCUT2D eigenvalue weighted by Gasteiger charge is -2.36. The molecule has 0 amide bonds. The topological polar surface area (TPSA) is 62.4 Å². The molecule has 1 fully saturated rings. The molecule has 0 saturated heterocycles. The van der Waals surface area contributed by atoms with E-state index < -0.39 is 0 Å². The van der Waals surface area contributed by atoms with Crippen LogP contribution in [0, 0.1) is 0 Å². The number of likely N-dealkylation sites (N-methyl/N-ethyl adjacent to an activating group) is 1. The van der Waals surface area contributed by atoms with Crippen molar-refractivity contribution in [2.24, 2.45) is 5.73 Å². The number of hydrogen-bond donors (Lipinski definition) is 2. The van der Waals surface area contributed by atoms with Crippen LogP contribution in [-0.4, -0.2) is 29.3 Å². The van der Waals surface area contributed by atoms with Gasteiger partial charge in [0.1, 0.15) is 5.82 Å². The highest BCUT2D eigenvalue weighted by atomic mass is 16.3. The van der Waals surface area contributed by atoms with E-state index in [4.69, 9.17) is 5.73 Å². The summed E-state index contributed by atoms with van der Waals surface area (Å²) in [6.45, 7) is 1.95. The van der Waals surface area contributed by atoms with Gasteiger partial charge in [0, 0.05) is 19.3 Å². The van der Waals surface area contributed by atoms with Gasteiger partial charge in [0.25, 0.3) is 0 Å². The molecule has 2 rings (SSSR count). The maximum atomic E-state index is 10.1. The number of rotatable bonds is 3. The van der Waals surface area contributed by atoms with E-state index >= 15 is 0 Å². The summed E-state index contributed by atoms with van der Waals surface area (Å²) in [5.41, 5.74) is 6.85. The van der Waals surface area contributed by atoms with Crippen molar-refractivity contribution in [3.8, 4) is 0 Å². The first-order valence-corrected chi connectivity index (χ1v) is 6.72. The molecule has 4 nitrogen and oxygen atoms in total. The van der Waals surface area contributed by atoms with Crippen molar-refractivity contribution < 1.29 is 5.11 Å². The summed E-state index contributed by atoms with van der Waals surface area (Å²) >= 11 is 0. The molecule has 1 aliphatic rings. The molecule has 0 aliphatic heterocycles. The lowest BCUT2D eigenvalue weighted by Crippen LogP contribution is -2.43. The van der Waals surface area contributed by atoms with E-state index in [1.165, 1.54) is 6.42 Å². The fourth-order valence-electron chi connectivity index (χ4n) is 2.59. The number of aliphatic hydroxyl groups excluding tert-OH is 1. The van der Waals surface area contributed by atoms with Crippen molar-refractivity contribution in [1.29, 1.82) is 0 Å². The van der Waals surface area contributed by atoms with Gasteiger partial charge in [-0.25, -0.2) is 4.98 Å². The first kappa shape index (κ1) is 13.3. The number of aliphatic hydroxyl groups is 1. The van der Waals surface area contributed by atoms with Crippen LogP contribution in [0.3, 0.4) is 0 Å². The Kier molecular flexibility index (Phi) is 4.19. The Balaban J connectivity index is 2.10. The molecule has 1 heterocycles. The van der Waals surface area contributed by atoms with E-state index in [1.807, 2.05) is 32.3 Å². The summed E-state index contributed by atoms with van der Waals surface area (Å²) < 4.78 is 0. The van der Waals surface area contributed by atoms with E-state index in [2.05, 4.69) is 9.88 Å². The molecule has 0 spiro atoms. The number of anilines is 1. The smallest absolute Gasteiger partial charge is 0.128 e. The van der Waals surface area contributed by atoms with Gasteiger partial charge in [-0.2, -0.15) is 0 Å². The van der Waals surface area contributed by atoms with Gasteiger partial charge in [-0.3, -0.25) is 0 Å². The Morgan fingerprint density at radius 2 is 2.11 bits per heavy atom. The number of hydrogen-bond acceptors (Lipinski definition) is 4. The predicted molar refractivity (Wildman–Crippen MR) is 73.5 cm³/mol. The average molecular weight is 249 g/mol. The number of nitrogens with two attached hydrogens (primary N) is 1. The van der Waals surface area contributed by atoms with Crippen LogP contribution in [0.2, 0.25) is 0 Å². The molecule has 1 saturated carbocycles. The van der Waals surface area contributed by atoms with E-state index in [9.17, 15) is 5.11 Å². The quantitative estimate of drug-likeness (QED) is 0.858. The van der Waals surface area contributed by atoms with Crippen molar-refractivity contribution in [3.63, 3.8) is 0 Å². The van der Waals surface area contributed by atoms with Crippen LogP contribution >= 0.6 is 0 Å². The Labute approximate surface area is 109 Å². The van der Waals surface area contributed by atoms with E-state index in [-0.39, 0.29) is 18.2 Å². The van der Waals surface area contributed by atoms with Crippen LogP contribution in [0.15, 0.2) is 18.3 Å². The molecule has 4 heteroatoms. The molecule has 3 N–H and O–H groups in total. The summed E-state index contributed by atoms with van der Waals surface area (Å²) in [6, 6.07) is 4.20. The molecular weight excluding hydrogens is 226 g/mol. The zero-order valence-corrected chi connectivity index (χ0v) is 11.2. The molecule has 18 heavy (non-hydrogen) atoms. The van der Waals surface area contributed by atoms with Crippen LogP contribution in [0.1, 0.15) is 44.2 Å². The third-order valence-corrected chi connectivity index (χ3v) is 3.85. The molecule has 2 unspecified atom stereocenters. The monoisotopic (exact) mass is 249 g/mol. The van der Waals surface area contributed by atoms with Gasteiger partial charge in [0.2, 0.25) is 0 Å². The Hall–Kier alpha value is -1.13. The predicted octanol–water partition coefficient (Wildman–Crippen LogP) is 1.84. The SMILES string of the molecule is C[C@H](N)c1ccc(N(C)C2CCCCC2O)nc1. The van der Waals surface area contributed by atoms with Crippen LogP contribution in [-0.2, 0) is 0 Å². The van der Waals surface area contributed by atoms with E-state index in [1.54, 1.807) is 0 Å². The summed E-state index contributed by atoms with van der Waals surface area (Å²) in [6.07, 6.45) is 5.83. The van der Waals surface area contributed by atoms with Gasteiger partial charge in [0.15, 0.2) is 0 Å². The highest BCUT2D eigenvalue weighted by Gasteiger charge is 2.27. The molecule has 0 radical (unpaired) electrons. The van der Waals surface area contributed by atoms with Crippen molar-refractivity contribution in [3.05, 3.63) is 23.9 Å². The van der Waals surface area contributed by atoms with Crippen molar-refractivity contribution in [2.75, 3.05) is 11.9 Å². The molecular formula is C14H23N3O. The van der Waals surface area contributed by atoms with Crippen molar-refractivity contribution in [1.82, 2.24) is 4.98 Å². The molecule has 100 valence electrons. The Morgan fingerprint density at radius 1 is 1.39 bits per heavy atom. The van der Waals surface area contributed by atoms with Gasteiger partial charge >= 0.3 is 0 Å². The minimum Gasteiger partial charge on any atom is -0.391 e. The molecule has 3 atom stereocenters. The largest absolute Gasteiger partial charge is 0.391 e. The van der Waals surface area contributed by atoms with Crippen LogP contribution in [0.25, 0.3) is 0 Å². The zero-order chi connectivity index (χ0) is 13.1. The third kappa shape index (κ3) is 2.82. The Bertz CT molecular complexity index is 377. The highest BCUT2D eigenvalue weighted by molar-refractivity contribution is 5.40. The van der Waals surface area contributed by atoms with Crippen molar-refractivity contribution in [2.45, 2.75) is 50.8 Å². The fourth-order valence-corrected chi connectivity index (χ4v) is 2.59. The molecule has 1 aromatic heterocycles. The van der Waals surface area contributed by atoms with E-state index in [0.29, 0.717) is 0 Å². The van der Waals surface area contributed by atoms with Crippen LogP contribution in [0.5, 0.6) is 0 Å². The van der Waals surface area contributed by atoms with Gasteiger partial charge in [0.05, 0.1) is 12.1 Å². The van der Waals surface area contributed by atoms with Crippen LogP contribution in [0.4, 0.5) is 5.82 Å². The minimum absolute atomic E-state index is 0.0112. The van der Waals surface area contributed by atoms with Crippen molar-refractivity contribution >= 4 is 5.82 Å². The van der Waals surface area contributed by atoms with Gasteiger partial charge in [-0.15, -0.1) is 0 Å². The third-order valence-electron chi connectivity index (χ3n) is 3.85. The number of nitrogens with zero attached hydrogens (tertiary/aromatic N) is 2. The lowest BCUT2D eigenvalue weighted by molar-refractivity contribution is 0.106. The highest BCUT2D eigenvalue weighted by Crippen LogP contribution is 2.25. The number of pyridine rings is 1. The minimum atomic E-state index is -0.237. The van der Waals surface area contributed by atoms with Gasteiger partial charge in [-0.1, -0.05) is 18.9 Å². The second-order valence-corrected chi connectivity index (χ2v) is 5.27. The number of aromatic nitrogens is 1. The maximum absolute atomic E-state index is 10.1. The molecule has 1 aliphatic carbocycles. The first-order chi connectivity index (χ1) is 8.59. The van der Waals surface area contributed by atoms with Gasteiger partial charge < -0.3 is 15.7 Å². The summed E-state index contributed by atoms with van der Waals surface area (Å²) in [5.74, 6) is 0.908. The first-order valence-electron chi connectivity index (χ1n) is 6.72. The zero-order valence-electron chi connectivity index (χ0n) is 11.2. The second kappa shape index (κ2) is 5.67. The Morgan fingerprint density at radius 3 is 2.67 bits per heavy atom. The summed E-state index contributed by atoms with van der Waals surface area (Å²) in [7, 11) is 2.01. The van der Waals surface area contributed by atoms with E-state index in [0.717, 1.165) is 30.6 Å². The van der Waals surface area contributed by atoms with Gasteiger partial charge in [-0.05, 0) is 31.4 Å². The normalized spacial score (nSPS) is 25.8. The standard InChI is InChI=1S/C14H23N3O/c1-10(15)11-7-8-14(16-9-11)17(2)12-5-3-4-6-13(12)18/h7-10,12-13,18H,3-6,15H2,1-2H3/t10-,12?,13?/m0/s1. The summed E-state index contributed by atoms with van der Waals surface area (Å²) in [5, 5.41) is 10.1.